The lowest BCUT2D eigenvalue weighted by Gasteiger charge is -2.28. The van der Waals surface area contributed by atoms with Gasteiger partial charge in [-0.3, -0.25) is 0 Å². The van der Waals surface area contributed by atoms with Gasteiger partial charge in [0.05, 0.1) is 0 Å². The molecule has 6 nitrogen and oxygen atoms in total. The van der Waals surface area contributed by atoms with Crippen LogP contribution in [0.15, 0.2) is 0 Å². The summed E-state index contributed by atoms with van der Waals surface area (Å²) >= 11 is 0. The third-order valence-electron chi connectivity index (χ3n) is 6.97. The quantitative estimate of drug-likeness (QED) is 0.311. The van der Waals surface area contributed by atoms with Gasteiger partial charge in [-0.2, -0.15) is 0 Å². The van der Waals surface area contributed by atoms with E-state index in [0.29, 0.717) is 0 Å². The van der Waals surface area contributed by atoms with Crippen molar-refractivity contribution in [1.29, 1.82) is 0 Å². The highest BCUT2D eigenvalue weighted by Gasteiger charge is 2.21. The highest BCUT2D eigenvalue weighted by Crippen LogP contribution is 2.34. The van der Waals surface area contributed by atoms with E-state index in [4.69, 9.17) is 30.0 Å². The van der Waals surface area contributed by atoms with Crippen molar-refractivity contribution < 1.29 is 30.0 Å². The van der Waals surface area contributed by atoms with Crippen LogP contribution in [0.2, 0.25) is 0 Å². The molecule has 0 heterocycles. The number of carboxylic acid groups (broad SMARTS) is 4. The van der Waals surface area contributed by atoms with Gasteiger partial charge < -0.3 is 20.4 Å². The first kappa shape index (κ1) is 30.5. The lowest BCUT2D eigenvalue weighted by Crippen LogP contribution is -2.16. The Hall–Kier alpha value is -1.46. The number of hydrogen-bond acceptors (Lipinski definition) is 2. The number of rotatable bonds is 1. The average molecular weight is 459 g/mol. The molecular formula is C26H50O6. The standard InChI is InChI=1S/C24H46.2CH2O3/c1-3-7-11-15-19-23(20-16-12-8-4-1)24-21-17-13-9-5-2-6-10-14-18-22-24;2*2-1(3)4/h23-24H,1-22H2;2*(H2,2,3,4). The second-order valence-electron chi connectivity index (χ2n) is 9.60. The third kappa shape index (κ3) is 23.2. The Bertz CT molecular complexity index is 368. The topological polar surface area (TPSA) is 115 Å². The minimum atomic E-state index is -1.83. The summed E-state index contributed by atoms with van der Waals surface area (Å²) in [6, 6.07) is 0. The highest BCUT2D eigenvalue weighted by molar-refractivity contribution is 5.53. The monoisotopic (exact) mass is 458 g/mol. The zero-order valence-electron chi connectivity index (χ0n) is 20.3. The molecule has 0 aromatic rings. The summed E-state index contributed by atoms with van der Waals surface area (Å²) in [6.07, 6.45) is 29.8. The zero-order valence-corrected chi connectivity index (χ0v) is 20.3. The second kappa shape index (κ2) is 22.7. The van der Waals surface area contributed by atoms with E-state index in [0.717, 1.165) is 11.8 Å². The van der Waals surface area contributed by atoms with E-state index in [2.05, 4.69) is 0 Å². The van der Waals surface area contributed by atoms with Crippen molar-refractivity contribution >= 4 is 12.3 Å². The summed E-state index contributed by atoms with van der Waals surface area (Å²) in [5.74, 6) is 2.15. The molecule has 0 amide bonds. The Morgan fingerprint density at radius 3 is 0.625 bits per heavy atom. The van der Waals surface area contributed by atoms with E-state index in [1.165, 1.54) is 116 Å². The largest absolute Gasteiger partial charge is 0.503 e. The van der Waals surface area contributed by atoms with Crippen molar-refractivity contribution in [2.75, 3.05) is 0 Å². The van der Waals surface area contributed by atoms with Crippen LogP contribution in [-0.2, 0) is 0 Å². The maximum atomic E-state index is 8.56. The van der Waals surface area contributed by atoms with Gasteiger partial charge >= 0.3 is 12.3 Å². The molecule has 4 N–H and O–H groups in total. The first-order chi connectivity index (χ1) is 15.4. The molecule has 2 aliphatic rings. The molecule has 2 rings (SSSR count). The Kier molecular flexibility index (Phi) is 21.7. The van der Waals surface area contributed by atoms with Gasteiger partial charge in [0.2, 0.25) is 0 Å². The molecule has 0 spiro atoms. The molecule has 2 saturated carbocycles. The predicted molar refractivity (Wildman–Crippen MR) is 130 cm³/mol. The fourth-order valence-corrected chi connectivity index (χ4v) is 5.33. The molecule has 6 heteroatoms. The molecule has 0 unspecified atom stereocenters. The summed E-state index contributed by atoms with van der Waals surface area (Å²) in [6.45, 7) is 0. The van der Waals surface area contributed by atoms with Crippen molar-refractivity contribution in [3.63, 3.8) is 0 Å². The van der Waals surface area contributed by atoms with Crippen LogP contribution in [0.1, 0.15) is 141 Å². The van der Waals surface area contributed by atoms with Gasteiger partial charge in [-0.15, -0.1) is 0 Å². The van der Waals surface area contributed by atoms with E-state index < -0.39 is 12.3 Å². The van der Waals surface area contributed by atoms with Gasteiger partial charge in [0.1, 0.15) is 0 Å². The summed E-state index contributed by atoms with van der Waals surface area (Å²) < 4.78 is 0. The van der Waals surface area contributed by atoms with Gasteiger partial charge in [0.15, 0.2) is 0 Å². The van der Waals surface area contributed by atoms with E-state index in [9.17, 15) is 0 Å². The average Bonchev–Trinajstić information content (AvgIpc) is 2.68. The first-order valence-corrected chi connectivity index (χ1v) is 13.3. The minimum absolute atomic E-state index is 1.08. The second-order valence-corrected chi connectivity index (χ2v) is 9.60. The smallest absolute Gasteiger partial charge is 0.450 e. The Morgan fingerprint density at radius 1 is 0.344 bits per heavy atom. The molecular weight excluding hydrogens is 408 g/mol. The maximum absolute atomic E-state index is 8.56. The minimum Gasteiger partial charge on any atom is -0.450 e. The lowest BCUT2D eigenvalue weighted by molar-refractivity contribution is 0.135. The first-order valence-electron chi connectivity index (χ1n) is 13.3. The van der Waals surface area contributed by atoms with Crippen molar-refractivity contribution in [2.45, 2.75) is 141 Å². The van der Waals surface area contributed by atoms with Crippen molar-refractivity contribution in [1.82, 2.24) is 0 Å². The van der Waals surface area contributed by atoms with Gasteiger partial charge in [0.25, 0.3) is 0 Å². The van der Waals surface area contributed by atoms with E-state index in [-0.39, 0.29) is 0 Å². The molecule has 2 fully saturated rings. The Labute approximate surface area is 195 Å². The van der Waals surface area contributed by atoms with Gasteiger partial charge in [-0.25, -0.2) is 9.59 Å². The fourth-order valence-electron chi connectivity index (χ4n) is 5.33. The van der Waals surface area contributed by atoms with Crippen LogP contribution in [-0.4, -0.2) is 32.7 Å². The summed E-state index contributed by atoms with van der Waals surface area (Å²) in [5.41, 5.74) is 0. The zero-order chi connectivity index (χ0) is 23.9. The van der Waals surface area contributed by atoms with E-state index in [1.807, 2.05) is 0 Å². The molecule has 32 heavy (non-hydrogen) atoms. The molecule has 0 aromatic heterocycles. The van der Waals surface area contributed by atoms with Crippen LogP contribution < -0.4 is 0 Å². The van der Waals surface area contributed by atoms with Gasteiger partial charge in [-0.05, 0) is 11.8 Å². The Balaban J connectivity index is 0.00000104. The van der Waals surface area contributed by atoms with Crippen LogP contribution in [0.3, 0.4) is 0 Å². The van der Waals surface area contributed by atoms with Gasteiger partial charge in [-0.1, -0.05) is 141 Å². The molecule has 0 aliphatic heterocycles. The fraction of sp³-hybridized carbons (Fsp3) is 0.923. The van der Waals surface area contributed by atoms with Crippen LogP contribution in [0.5, 0.6) is 0 Å². The third-order valence-corrected chi connectivity index (χ3v) is 6.97. The van der Waals surface area contributed by atoms with Crippen LogP contribution in [0, 0.1) is 11.8 Å². The summed E-state index contributed by atoms with van der Waals surface area (Å²) in [4.78, 5) is 17.1. The van der Waals surface area contributed by atoms with Crippen LogP contribution >= 0.6 is 0 Å². The maximum Gasteiger partial charge on any atom is 0.503 e. The van der Waals surface area contributed by atoms with Crippen molar-refractivity contribution in [3.8, 4) is 0 Å². The molecule has 190 valence electrons. The molecule has 0 radical (unpaired) electrons. The molecule has 0 bridgehead atoms. The normalized spacial score (nSPS) is 21.4. The molecule has 0 saturated heterocycles. The highest BCUT2D eigenvalue weighted by atomic mass is 16.6. The summed E-state index contributed by atoms with van der Waals surface area (Å²) in [7, 11) is 0. The van der Waals surface area contributed by atoms with E-state index in [1.54, 1.807) is 25.7 Å². The SMILES string of the molecule is C1CCCCCC(C2CCCCCCCCCCC2)CCCCC1.O=C(O)O.O=C(O)O. The summed E-state index contributed by atoms with van der Waals surface area (Å²) in [5, 5.41) is 27.9. The van der Waals surface area contributed by atoms with Crippen molar-refractivity contribution in [2.24, 2.45) is 11.8 Å². The number of hydrogen-bond donors (Lipinski definition) is 4. The molecule has 0 atom stereocenters. The lowest BCUT2D eigenvalue weighted by atomic mass is 9.77. The Morgan fingerprint density at radius 2 is 0.469 bits per heavy atom. The van der Waals surface area contributed by atoms with Crippen LogP contribution in [0.4, 0.5) is 9.59 Å². The van der Waals surface area contributed by atoms with Crippen molar-refractivity contribution in [3.05, 3.63) is 0 Å². The van der Waals surface area contributed by atoms with Crippen LogP contribution in [0.25, 0.3) is 0 Å². The van der Waals surface area contributed by atoms with Gasteiger partial charge in [0, 0.05) is 0 Å². The predicted octanol–water partition coefficient (Wildman–Crippen LogP) is 9.27. The molecule has 2 aliphatic carbocycles. The van der Waals surface area contributed by atoms with E-state index >= 15 is 0 Å². The number of carbonyl (C=O) groups is 2. The molecule has 0 aromatic carbocycles.